The Bertz CT molecular complexity index is 2050. The fraction of sp³-hybridized carbons (Fsp3) is 0.250. The van der Waals surface area contributed by atoms with Crippen LogP contribution in [0.5, 0.6) is 0 Å². The summed E-state index contributed by atoms with van der Waals surface area (Å²) < 4.78 is 12.7. The first-order chi connectivity index (χ1) is 24.1. The average Bonchev–Trinajstić information content (AvgIpc) is 3.58. The highest BCUT2D eigenvalue weighted by Crippen LogP contribution is 2.18. The van der Waals surface area contributed by atoms with Gasteiger partial charge in [0, 0.05) is 13.8 Å². The summed E-state index contributed by atoms with van der Waals surface area (Å²) in [5, 5.41) is 5.85. The maximum atomic E-state index is 12.2. The van der Waals surface area contributed by atoms with Crippen molar-refractivity contribution < 1.29 is 19.1 Å². The largest absolute Gasteiger partial charge is 0.464 e. The summed E-state index contributed by atoms with van der Waals surface area (Å²) in [7, 11) is 0. The highest BCUT2D eigenvalue weighted by Gasteiger charge is 2.15. The third-order valence-corrected chi connectivity index (χ3v) is 7.05. The molecule has 4 heterocycles. The molecule has 18 heteroatoms. The molecule has 0 spiro atoms. The second kappa shape index (κ2) is 15.9. The molecule has 2 aromatic carbocycles. The molecule has 0 radical (unpaired) electrons. The summed E-state index contributed by atoms with van der Waals surface area (Å²) in [6.07, 6.45) is 0. The van der Waals surface area contributed by atoms with Crippen molar-refractivity contribution in [1.82, 2.24) is 39.0 Å². The second-order valence-corrected chi connectivity index (χ2v) is 10.8. The molecule has 0 saturated carbocycles. The number of benzene rings is 2. The zero-order chi connectivity index (χ0) is 35.6. The van der Waals surface area contributed by atoms with Crippen molar-refractivity contribution in [2.45, 2.75) is 26.9 Å². The predicted octanol–water partition coefficient (Wildman–Crippen LogP) is 1.45. The Kier molecular flexibility index (Phi) is 11.0. The number of carbonyl (C=O) groups is 2. The number of nitrogen functional groups attached to an aromatic ring is 2. The number of nitrogens with zero attached hydrogens (tertiary/aromatic N) is 6. The molecule has 6 aromatic rings. The number of ether oxygens (including phenoxy) is 2. The van der Waals surface area contributed by atoms with Gasteiger partial charge in [-0.1, -0.05) is 60.7 Å². The van der Waals surface area contributed by atoms with Crippen LogP contribution in [0.25, 0.3) is 22.3 Å². The lowest BCUT2D eigenvalue weighted by Crippen LogP contribution is -2.18. The Hall–Kier alpha value is -6.72. The lowest BCUT2D eigenvalue weighted by molar-refractivity contribution is -0.141. The standard InChI is InChI=1S/2C16H18N6O3/c2*1-10(23)25-8-7-18-15-20-13(17)12-14(21-15)22(16(24)19-12)9-11-5-3-2-4-6-11/h2*2-6H,7-9H2,1H3,(H,19,24)(H3,17,18,20,21). The van der Waals surface area contributed by atoms with Crippen LogP contribution in [0.2, 0.25) is 0 Å². The molecule has 0 aliphatic rings. The van der Waals surface area contributed by atoms with E-state index >= 15 is 0 Å². The number of aromatic nitrogens is 8. The first-order valence-electron chi connectivity index (χ1n) is 15.4. The highest BCUT2D eigenvalue weighted by molar-refractivity contribution is 5.83. The molecule has 0 amide bonds. The Labute approximate surface area is 283 Å². The van der Waals surface area contributed by atoms with Crippen LogP contribution in [0.4, 0.5) is 23.5 Å². The van der Waals surface area contributed by atoms with E-state index in [1.807, 2.05) is 60.7 Å². The van der Waals surface area contributed by atoms with Gasteiger partial charge >= 0.3 is 23.3 Å². The number of carbonyl (C=O) groups excluding carboxylic acids is 2. The third-order valence-electron chi connectivity index (χ3n) is 7.05. The molecule has 0 fully saturated rings. The number of hydrogen-bond acceptors (Lipinski definition) is 14. The Balaban J connectivity index is 0.000000194. The van der Waals surface area contributed by atoms with Gasteiger partial charge in [0.05, 0.1) is 26.2 Å². The first kappa shape index (κ1) is 34.6. The van der Waals surface area contributed by atoms with Gasteiger partial charge in [-0.2, -0.15) is 19.9 Å². The fourth-order valence-corrected chi connectivity index (χ4v) is 4.80. The fourth-order valence-electron chi connectivity index (χ4n) is 4.80. The molecule has 0 saturated heterocycles. The van der Waals surface area contributed by atoms with Crippen molar-refractivity contribution >= 4 is 57.8 Å². The van der Waals surface area contributed by atoms with Crippen LogP contribution in [0.3, 0.4) is 0 Å². The van der Waals surface area contributed by atoms with E-state index in [1.165, 1.54) is 23.0 Å². The van der Waals surface area contributed by atoms with Gasteiger partial charge in [-0.15, -0.1) is 0 Å². The summed E-state index contributed by atoms with van der Waals surface area (Å²) in [5.74, 6) is 0.142. The molecule has 260 valence electrons. The van der Waals surface area contributed by atoms with Crippen molar-refractivity contribution in [3.63, 3.8) is 0 Å². The van der Waals surface area contributed by atoms with E-state index in [-0.39, 0.29) is 60.1 Å². The van der Waals surface area contributed by atoms with Gasteiger partial charge in [-0.25, -0.2) is 9.59 Å². The molecule has 6 rings (SSSR count). The van der Waals surface area contributed by atoms with Crippen molar-refractivity contribution in [2.75, 3.05) is 48.4 Å². The number of rotatable bonds is 12. The number of anilines is 4. The molecule has 18 nitrogen and oxygen atoms in total. The SMILES string of the molecule is CC(=O)OCCNc1nc(N)c2[nH]c(=O)n(Cc3ccccc3)c2n1.CC(=O)OCCNc1nc(N)c2[nH]c(=O)n(Cc3ccccc3)c2n1. The summed E-state index contributed by atoms with van der Waals surface area (Å²) in [4.78, 5) is 68.3. The summed E-state index contributed by atoms with van der Waals surface area (Å²) in [5.41, 5.74) is 14.8. The van der Waals surface area contributed by atoms with E-state index in [4.69, 9.17) is 20.9 Å². The molecule has 0 bridgehead atoms. The van der Waals surface area contributed by atoms with Crippen LogP contribution in [0, 0.1) is 0 Å². The van der Waals surface area contributed by atoms with Crippen molar-refractivity contribution in [2.24, 2.45) is 0 Å². The molecular weight excluding hydrogens is 648 g/mol. The number of H-pyrrole nitrogens is 2. The number of nitrogens with one attached hydrogen (secondary N) is 4. The Morgan fingerprint density at radius 3 is 1.40 bits per heavy atom. The van der Waals surface area contributed by atoms with Crippen LogP contribution in [-0.2, 0) is 32.2 Å². The van der Waals surface area contributed by atoms with Gasteiger partial charge in [0.15, 0.2) is 22.9 Å². The Morgan fingerprint density at radius 1 is 0.660 bits per heavy atom. The molecule has 0 aliphatic heterocycles. The van der Waals surface area contributed by atoms with Gasteiger partial charge < -0.3 is 41.5 Å². The third kappa shape index (κ3) is 8.79. The van der Waals surface area contributed by atoms with Gasteiger partial charge in [0.1, 0.15) is 24.2 Å². The van der Waals surface area contributed by atoms with Gasteiger partial charge in [0.25, 0.3) is 0 Å². The molecule has 0 aliphatic carbocycles. The predicted molar refractivity (Wildman–Crippen MR) is 186 cm³/mol. The number of hydrogen-bond donors (Lipinski definition) is 6. The van der Waals surface area contributed by atoms with E-state index in [1.54, 1.807) is 0 Å². The minimum absolute atomic E-state index is 0.170. The van der Waals surface area contributed by atoms with Gasteiger partial charge in [-0.3, -0.25) is 18.7 Å². The lowest BCUT2D eigenvalue weighted by Gasteiger charge is -2.07. The van der Waals surface area contributed by atoms with E-state index in [0.717, 1.165) is 11.1 Å². The maximum absolute atomic E-state index is 12.2. The zero-order valence-corrected chi connectivity index (χ0v) is 27.3. The van der Waals surface area contributed by atoms with Crippen molar-refractivity contribution in [3.05, 3.63) is 92.8 Å². The van der Waals surface area contributed by atoms with E-state index in [0.29, 0.717) is 48.5 Å². The number of imidazole rings is 2. The number of nitrogens with two attached hydrogens (primary N) is 2. The quantitative estimate of drug-likeness (QED) is 0.0788. The monoisotopic (exact) mass is 684 g/mol. The van der Waals surface area contributed by atoms with E-state index in [2.05, 4.69) is 40.5 Å². The smallest absolute Gasteiger partial charge is 0.328 e. The highest BCUT2D eigenvalue weighted by atomic mass is 16.5. The van der Waals surface area contributed by atoms with Crippen molar-refractivity contribution in [1.29, 1.82) is 0 Å². The molecule has 0 atom stereocenters. The number of aromatic amines is 2. The van der Waals surface area contributed by atoms with Crippen LogP contribution in [0.15, 0.2) is 70.3 Å². The topological polar surface area (TPSA) is 256 Å². The molecular formula is C32H36N12O6. The second-order valence-electron chi connectivity index (χ2n) is 10.8. The summed E-state index contributed by atoms with van der Waals surface area (Å²) in [6, 6.07) is 19.1. The van der Waals surface area contributed by atoms with E-state index in [9.17, 15) is 19.2 Å². The number of esters is 2. The minimum Gasteiger partial charge on any atom is -0.464 e. The lowest BCUT2D eigenvalue weighted by atomic mass is 10.2. The first-order valence-corrected chi connectivity index (χ1v) is 15.4. The van der Waals surface area contributed by atoms with Gasteiger partial charge in [0.2, 0.25) is 11.9 Å². The molecule has 4 aromatic heterocycles. The normalized spacial score (nSPS) is 10.8. The molecule has 8 N–H and O–H groups in total. The van der Waals surface area contributed by atoms with Crippen LogP contribution in [-0.4, -0.2) is 77.3 Å². The zero-order valence-electron chi connectivity index (χ0n) is 27.3. The minimum atomic E-state index is -0.361. The molecule has 0 unspecified atom stereocenters. The van der Waals surface area contributed by atoms with Crippen LogP contribution >= 0.6 is 0 Å². The van der Waals surface area contributed by atoms with Crippen LogP contribution < -0.4 is 33.5 Å². The summed E-state index contributed by atoms with van der Waals surface area (Å²) in [6.45, 7) is 4.42. The average molecular weight is 685 g/mol. The summed E-state index contributed by atoms with van der Waals surface area (Å²) >= 11 is 0. The van der Waals surface area contributed by atoms with Crippen LogP contribution in [0.1, 0.15) is 25.0 Å². The van der Waals surface area contributed by atoms with Crippen molar-refractivity contribution in [3.8, 4) is 0 Å². The number of fused-ring (bicyclic) bond motifs is 2. The Morgan fingerprint density at radius 2 is 1.04 bits per heavy atom. The van der Waals surface area contributed by atoms with E-state index < -0.39 is 0 Å². The van der Waals surface area contributed by atoms with Gasteiger partial charge in [-0.05, 0) is 11.1 Å². The maximum Gasteiger partial charge on any atom is 0.328 e. The molecule has 50 heavy (non-hydrogen) atoms.